The number of primary amides is 1. The third kappa shape index (κ3) is 2.81. The summed E-state index contributed by atoms with van der Waals surface area (Å²) in [6.45, 7) is -0.273. The average molecular weight is 270 g/mol. The number of pyridine rings is 1. The van der Waals surface area contributed by atoms with Crippen LogP contribution in [0.25, 0.3) is 11.5 Å². The second kappa shape index (κ2) is 4.96. The Morgan fingerprint density at radius 2 is 2.21 bits per heavy atom. The van der Waals surface area contributed by atoms with E-state index in [0.717, 1.165) is 10.6 Å². The lowest BCUT2D eigenvalue weighted by atomic mass is 10.2. The molecular weight excluding hydrogens is 262 g/mol. The molecule has 2 aromatic heterocycles. The lowest BCUT2D eigenvalue weighted by Gasteiger charge is -2.02. The number of aromatic nitrogens is 3. The van der Waals surface area contributed by atoms with Gasteiger partial charge in [0.1, 0.15) is 6.54 Å². The van der Waals surface area contributed by atoms with E-state index >= 15 is 0 Å². The molecule has 0 aliphatic heterocycles. The number of nitrogens with two attached hydrogens (primary N) is 1. The van der Waals surface area contributed by atoms with Crippen molar-refractivity contribution in [3.63, 3.8) is 0 Å². The average Bonchev–Trinajstić information content (AvgIpc) is 2.80. The molecule has 9 heteroatoms. The van der Waals surface area contributed by atoms with E-state index in [2.05, 4.69) is 10.2 Å². The Bertz CT molecular complexity index is 665. The van der Waals surface area contributed by atoms with Gasteiger partial charge >= 0.3 is 6.43 Å². The topological polar surface area (TPSA) is 104 Å². The summed E-state index contributed by atoms with van der Waals surface area (Å²) in [5.41, 5.74) is 4.61. The molecule has 0 spiro atoms. The molecule has 0 aliphatic carbocycles. The van der Waals surface area contributed by atoms with Crippen LogP contribution in [0.2, 0.25) is 0 Å². The second-order valence-electron chi connectivity index (χ2n) is 3.59. The third-order valence-electron chi connectivity index (χ3n) is 2.20. The molecule has 0 bridgehead atoms. The predicted octanol–water partition coefficient (Wildman–Crippen LogP) is 0.321. The van der Waals surface area contributed by atoms with E-state index in [1.165, 1.54) is 12.3 Å². The zero-order chi connectivity index (χ0) is 14.0. The van der Waals surface area contributed by atoms with Crippen LogP contribution in [0.4, 0.5) is 8.78 Å². The maximum absolute atomic E-state index is 12.3. The van der Waals surface area contributed by atoms with E-state index in [-0.39, 0.29) is 18.0 Å². The van der Waals surface area contributed by atoms with Crippen LogP contribution in [0.15, 0.2) is 27.5 Å². The quantitative estimate of drug-likeness (QED) is 0.861. The highest BCUT2D eigenvalue weighted by atomic mass is 19.3. The van der Waals surface area contributed by atoms with Crippen LogP contribution < -0.4 is 11.3 Å². The minimum Gasteiger partial charge on any atom is -0.415 e. The van der Waals surface area contributed by atoms with E-state index in [1.54, 1.807) is 0 Å². The summed E-state index contributed by atoms with van der Waals surface area (Å²) >= 11 is 0. The van der Waals surface area contributed by atoms with Crippen LogP contribution in [-0.2, 0) is 11.3 Å². The molecule has 1 amide bonds. The fourth-order valence-electron chi connectivity index (χ4n) is 1.38. The number of alkyl halides is 2. The Morgan fingerprint density at radius 3 is 2.74 bits per heavy atom. The maximum Gasteiger partial charge on any atom is 0.314 e. The molecule has 19 heavy (non-hydrogen) atoms. The van der Waals surface area contributed by atoms with Gasteiger partial charge in [0.15, 0.2) is 0 Å². The highest BCUT2D eigenvalue weighted by Gasteiger charge is 2.17. The Labute approximate surface area is 104 Å². The van der Waals surface area contributed by atoms with Crippen molar-refractivity contribution >= 4 is 5.91 Å². The molecule has 0 saturated carbocycles. The largest absolute Gasteiger partial charge is 0.415 e. The van der Waals surface area contributed by atoms with Gasteiger partial charge in [-0.3, -0.25) is 9.59 Å². The van der Waals surface area contributed by atoms with Crippen molar-refractivity contribution in [3.05, 3.63) is 34.6 Å². The van der Waals surface area contributed by atoms with Crippen molar-refractivity contribution in [2.45, 2.75) is 13.0 Å². The molecule has 0 saturated heterocycles. The van der Waals surface area contributed by atoms with Crippen LogP contribution in [0.1, 0.15) is 12.3 Å². The monoisotopic (exact) mass is 270 g/mol. The van der Waals surface area contributed by atoms with Crippen molar-refractivity contribution < 1.29 is 18.0 Å². The molecule has 2 heterocycles. The molecule has 0 fully saturated rings. The molecule has 100 valence electrons. The summed E-state index contributed by atoms with van der Waals surface area (Å²) in [5.74, 6) is -1.69. The van der Waals surface area contributed by atoms with Crippen molar-refractivity contribution in [2.24, 2.45) is 5.73 Å². The van der Waals surface area contributed by atoms with Crippen molar-refractivity contribution in [1.29, 1.82) is 0 Å². The number of hydrogen-bond acceptors (Lipinski definition) is 5. The molecule has 2 rings (SSSR count). The fourth-order valence-corrected chi connectivity index (χ4v) is 1.38. The lowest BCUT2D eigenvalue weighted by Crippen LogP contribution is -2.27. The first kappa shape index (κ1) is 12.9. The first-order valence-electron chi connectivity index (χ1n) is 5.08. The lowest BCUT2D eigenvalue weighted by molar-refractivity contribution is -0.118. The Kier molecular flexibility index (Phi) is 3.36. The van der Waals surface area contributed by atoms with E-state index in [9.17, 15) is 18.4 Å². The molecule has 2 aromatic rings. The van der Waals surface area contributed by atoms with Crippen molar-refractivity contribution in [3.8, 4) is 11.5 Å². The van der Waals surface area contributed by atoms with Gasteiger partial charge in [-0.15, -0.1) is 10.2 Å². The third-order valence-corrected chi connectivity index (χ3v) is 2.20. The zero-order valence-corrected chi connectivity index (χ0v) is 9.42. The van der Waals surface area contributed by atoms with Gasteiger partial charge in [0.25, 0.3) is 11.4 Å². The number of halogens is 2. The van der Waals surface area contributed by atoms with Crippen LogP contribution in [-0.4, -0.2) is 20.7 Å². The number of carbonyl (C=O) groups is 1. The van der Waals surface area contributed by atoms with Crippen LogP contribution in [0.5, 0.6) is 0 Å². The van der Waals surface area contributed by atoms with Gasteiger partial charge in [-0.25, -0.2) is 0 Å². The van der Waals surface area contributed by atoms with Gasteiger partial charge in [-0.05, 0) is 6.07 Å². The summed E-state index contributed by atoms with van der Waals surface area (Å²) in [4.78, 5) is 22.3. The number of carbonyl (C=O) groups excluding carboxylic acids is 1. The first-order valence-corrected chi connectivity index (χ1v) is 5.08. The summed E-state index contributed by atoms with van der Waals surface area (Å²) in [6.07, 6.45) is -1.59. The summed E-state index contributed by atoms with van der Waals surface area (Å²) in [5, 5.41) is 6.55. The number of hydrogen-bond donors (Lipinski definition) is 1. The molecule has 0 unspecified atom stereocenters. The van der Waals surface area contributed by atoms with Crippen molar-refractivity contribution in [1.82, 2.24) is 14.8 Å². The summed E-state index contributed by atoms with van der Waals surface area (Å²) < 4.78 is 30.3. The number of rotatable bonds is 4. The summed E-state index contributed by atoms with van der Waals surface area (Å²) in [7, 11) is 0. The minimum atomic E-state index is -2.88. The van der Waals surface area contributed by atoms with E-state index in [1.807, 2.05) is 0 Å². The molecule has 0 aliphatic rings. The van der Waals surface area contributed by atoms with Crippen LogP contribution in [0, 0.1) is 0 Å². The van der Waals surface area contributed by atoms with Crippen LogP contribution >= 0.6 is 0 Å². The Hall–Kier alpha value is -2.58. The van der Waals surface area contributed by atoms with Gasteiger partial charge in [-0.1, -0.05) is 0 Å². The fraction of sp³-hybridized carbons (Fsp3) is 0.200. The Morgan fingerprint density at radius 1 is 1.47 bits per heavy atom. The highest BCUT2D eigenvalue weighted by molar-refractivity contribution is 5.73. The van der Waals surface area contributed by atoms with Gasteiger partial charge in [0.05, 0.1) is 0 Å². The Balaban J connectivity index is 2.33. The molecule has 0 radical (unpaired) electrons. The number of nitrogens with zero attached hydrogens (tertiary/aromatic N) is 3. The smallest absolute Gasteiger partial charge is 0.314 e. The molecule has 2 N–H and O–H groups in total. The molecular formula is C10H8F2N4O3. The van der Waals surface area contributed by atoms with Gasteiger partial charge < -0.3 is 14.7 Å². The standard InChI is InChI=1S/C10H8F2N4O3/c11-8(12)10-15-14-9(19-10)5-1-2-16(4-6(13)17)7(18)3-5/h1-3,8H,4H2,(H2,13,17). The maximum atomic E-state index is 12.3. The highest BCUT2D eigenvalue weighted by Crippen LogP contribution is 2.21. The predicted molar refractivity (Wildman–Crippen MR) is 58.1 cm³/mol. The second-order valence-corrected chi connectivity index (χ2v) is 3.59. The molecule has 7 nitrogen and oxygen atoms in total. The normalized spacial score (nSPS) is 10.9. The SMILES string of the molecule is NC(=O)Cn1ccc(-c2nnc(C(F)F)o2)cc1=O. The minimum absolute atomic E-state index is 0.185. The van der Waals surface area contributed by atoms with Crippen LogP contribution in [0.3, 0.4) is 0 Å². The summed E-state index contributed by atoms with van der Waals surface area (Å²) in [6, 6.07) is 2.47. The van der Waals surface area contributed by atoms with Crippen molar-refractivity contribution in [2.75, 3.05) is 0 Å². The first-order chi connectivity index (χ1) is 8.97. The van der Waals surface area contributed by atoms with E-state index in [4.69, 9.17) is 10.2 Å². The zero-order valence-electron chi connectivity index (χ0n) is 9.42. The van der Waals surface area contributed by atoms with E-state index in [0.29, 0.717) is 0 Å². The van der Waals surface area contributed by atoms with Gasteiger partial charge in [0.2, 0.25) is 11.8 Å². The molecule has 0 aromatic carbocycles. The van der Waals surface area contributed by atoms with E-state index < -0.39 is 23.8 Å². The number of amides is 1. The van der Waals surface area contributed by atoms with Gasteiger partial charge in [0, 0.05) is 17.8 Å². The van der Waals surface area contributed by atoms with Gasteiger partial charge in [-0.2, -0.15) is 8.78 Å². The molecule has 0 atom stereocenters.